The fourth-order valence-corrected chi connectivity index (χ4v) is 3.83. The first-order valence-electron chi connectivity index (χ1n) is 8.96. The summed E-state index contributed by atoms with van der Waals surface area (Å²) in [5.41, 5.74) is 3.17. The molecule has 0 atom stereocenters. The second-order valence-electron chi connectivity index (χ2n) is 6.86. The Bertz CT molecular complexity index is 960. The molecule has 0 bridgehead atoms. The molecule has 0 aliphatic carbocycles. The number of amides is 1. The van der Waals surface area contributed by atoms with E-state index < -0.39 is 0 Å². The highest BCUT2D eigenvalue weighted by Gasteiger charge is 2.19. The summed E-state index contributed by atoms with van der Waals surface area (Å²) in [4.78, 5) is 18.8. The molecule has 134 valence electrons. The molecule has 2 aromatic carbocycles. The first kappa shape index (κ1) is 17.1. The van der Waals surface area contributed by atoms with E-state index in [9.17, 15) is 4.79 Å². The number of likely N-dealkylation sites (tertiary alicyclic amines) is 1. The summed E-state index contributed by atoms with van der Waals surface area (Å²) in [6.45, 7) is 3.40. The Labute approximate surface area is 157 Å². The van der Waals surface area contributed by atoms with Gasteiger partial charge in [-0.15, -0.1) is 0 Å². The molecule has 0 unspecified atom stereocenters. The Morgan fingerprint density at radius 1 is 1.23 bits per heavy atom. The average molecular weight is 370 g/mol. The molecule has 0 radical (unpaired) electrons. The number of carbonyl (C=O) groups is 1. The van der Waals surface area contributed by atoms with E-state index in [-0.39, 0.29) is 5.91 Å². The molecule has 1 aliphatic rings. The zero-order valence-corrected chi connectivity index (χ0v) is 15.5. The van der Waals surface area contributed by atoms with Crippen LogP contribution in [0.25, 0.3) is 11.0 Å². The summed E-state index contributed by atoms with van der Waals surface area (Å²) >= 11 is 6.11. The Morgan fingerprint density at radius 3 is 2.77 bits per heavy atom. The van der Waals surface area contributed by atoms with Crippen LogP contribution in [0.3, 0.4) is 0 Å². The van der Waals surface area contributed by atoms with E-state index in [2.05, 4.69) is 16.9 Å². The number of carbonyl (C=O) groups excluding carboxylic acids is 1. The van der Waals surface area contributed by atoms with Crippen LogP contribution < -0.4 is 10.2 Å². The van der Waals surface area contributed by atoms with Crippen molar-refractivity contribution in [3.63, 3.8) is 0 Å². The molecule has 3 aromatic rings. The van der Waals surface area contributed by atoms with E-state index in [1.807, 2.05) is 24.3 Å². The first-order valence-corrected chi connectivity index (χ1v) is 9.34. The van der Waals surface area contributed by atoms with Gasteiger partial charge in [0.2, 0.25) is 0 Å². The first-order chi connectivity index (χ1) is 12.6. The number of anilines is 1. The van der Waals surface area contributed by atoms with E-state index in [4.69, 9.17) is 16.6 Å². The summed E-state index contributed by atoms with van der Waals surface area (Å²) in [7, 11) is 2.06. The number of aromatic nitrogens is 2. The van der Waals surface area contributed by atoms with Crippen LogP contribution in [-0.4, -0.2) is 28.5 Å². The molecular formula is C20H22ClN4O+. The lowest BCUT2D eigenvalue weighted by Gasteiger charge is -2.11. The number of nitrogens with one attached hydrogen (secondary N) is 2. The fraction of sp³-hybridized carbons (Fsp3) is 0.300. The van der Waals surface area contributed by atoms with Crippen LogP contribution in [-0.2, 0) is 13.6 Å². The number of hydrogen-bond donors (Lipinski definition) is 2. The minimum absolute atomic E-state index is 0.215. The molecule has 1 aromatic heterocycles. The van der Waals surface area contributed by atoms with Crippen molar-refractivity contribution in [2.45, 2.75) is 19.4 Å². The maximum Gasteiger partial charge on any atom is 0.257 e. The van der Waals surface area contributed by atoms with Crippen LogP contribution in [0.1, 0.15) is 29.0 Å². The van der Waals surface area contributed by atoms with E-state index in [1.54, 1.807) is 23.1 Å². The quantitative estimate of drug-likeness (QED) is 0.742. The molecule has 0 saturated carbocycles. The predicted octanol–water partition coefficient (Wildman–Crippen LogP) is 2.66. The zero-order chi connectivity index (χ0) is 18.1. The van der Waals surface area contributed by atoms with Crippen molar-refractivity contribution < 1.29 is 9.69 Å². The molecule has 6 heteroatoms. The number of quaternary nitrogens is 1. The van der Waals surface area contributed by atoms with Crippen molar-refractivity contribution in [3.8, 4) is 0 Å². The van der Waals surface area contributed by atoms with Gasteiger partial charge in [0, 0.05) is 25.6 Å². The number of halogens is 1. The topological polar surface area (TPSA) is 51.4 Å². The normalized spacial score (nSPS) is 14.8. The fourth-order valence-electron chi connectivity index (χ4n) is 3.60. The van der Waals surface area contributed by atoms with Crippen molar-refractivity contribution in [2.24, 2.45) is 7.05 Å². The minimum atomic E-state index is -0.215. The number of fused-ring (bicyclic) bond motifs is 1. The van der Waals surface area contributed by atoms with Gasteiger partial charge in [0.15, 0.2) is 5.82 Å². The average Bonchev–Trinajstić information content (AvgIpc) is 3.24. The maximum atomic E-state index is 12.4. The molecule has 0 spiro atoms. The zero-order valence-electron chi connectivity index (χ0n) is 14.8. The number of aryl methyl sites for hydroxylation is 1. The standard InChI is InChI=1S/C20H21ClN4O/c1-24-18-9-8-14(22-20(26)15-6-2-3-7-16(15)21)12-17(18)23-19(24)13-25-10-4-5-11-25/h2-3,6-9,12H,4-5,10-11,13H2,1H3,(H,22,26)/p+1. The molecule has 4 rings (SSSR count). The van der Waals surface area contributed by atoms with Gasteiger partial charge in [-0.2, -0.15) is 0 Å². The van der Waals surface area contributed by atoms with Gasteiger partial charge in [-0.05, 0) is 30.3 Å². The van der Waals surface area contributed by atoms with Crippen molar-refractivity contribution in [1.29, 1.82) is 0 Å². The second kappa shape index (κ2) is 7.09. The van der Waals surface area contributed by atoms with E-state index in [1.165, 1.54) is 25.9 Å². The largest absolute Gasteiger partial charge is 0.329 e. The van der Waals surface area contributed by atoms with Gasteiger partial charge in [0.25, 0.3) is 5.91 Å². The van der Waals surface area contributed by atoms with Crippen LogP contribution in [0.15, 0.2) is 42.5 Å². The van der Waals surface area contributed by atoms with Crippen LogP contribution in [0.2, 0.25) is 5.02 Å². The molecular weight excluding hydrogens is 348 g/mol. The lowest BCUT2D eigenvalue weighted by Crippen LogP contribution is -3.08. The van der Waals surface area contributed by atoms with Gasteiger partial charge in [-0.1, -0.05) is 23.7 Å². The van der Waals surface area contributed by atoms with Crippen molar-refractivity contribution in [3.05, 3.63) is 58.9 Å². The van der Waals surface area contributed by atoms with E-state index >= 15 is 0 Å². The minimum Gasteiger partial charge on any atom is -0.329 e. The smallest absolute Gasteiger partial charge is 0.257 e. The lowest BCUT2D eigenvalue weighted by molar-refractivity contribution is -0.902. The van der Waals surface area contributed by atoms with Crippen LogP contribution in [0.4, 0.5) is 5.69 Å². The van der Waals surface area contributed by atoms with Crippen molar-refractivity contribution >= 4 is 34.2 Å². The van der Waals surface area contributed by atoms with Crippen LogP contribution in [0, 0.1) is 0 Å². The highest BCUT2D eigenvalue weighted by molar-refractivity contribution is 6.34. The van der Waals surface area contributed by atoms with E-state index in [0.29, 0.717) is 10.6 Å². The monoisotopic (exact) mass is 369 g/mol. The highest BCUT2D eigenvalue weighted by atomic mass is 35.5. The Morgan fingerprint density at radius 2 is 2.00 bits per heavy atom. The van der Waals surface area contributed by atoms with Gasteiger partial charge in [0.05, 0.1) is 34.7 Å². The van der Waals surface area contributed by atoms with Gasteiger partial charge < -0.3 is 14.8 Å². The van der Waals surface area contributed by atoms with Crippen molar-refractivity contribution in [2.75, 3.05) is 18.4 Å². The Balaban J connectivity index is 1.57. The third-order valence-corrected chi connectivity index (χ3v) is 5.40. The Kier molecular flexibility index (Phi) is 4.66. The number of hydrogen-bond acceptors (Lipinski definition) is 2. The maximum absolute atomic E-state index is 12.4. The predicted molar refractivity (Wildman–Crippen MR) is 104 cm³/mol. The summed E-state index contributed by atoms with van der Waals surface area (Å²) in [5, 5.41) is 3.36. The molecule has 1 aliphatic heterocycles. The molecule has 2 heterocycles. The van der Waals surface area contributed by atoms with Crippen molar-refractivity contribution in [1.82, 2.24) is 9.55 Å². The number of rotatable bonds is 4. The SMILES string of the molecule is Cn1c(C[NH+]2CCCC2)nc2cc(NC(=O)c3ccccc3Cl)ccc21. The number of nitrogens with zero attached hydrogens (tertiary/aromatic N) is 2. The summed E-state index contributed by atoms with van der Waals surface area (Å²) in [6, 6.07) is 12.9. The van der Waals surface area contributed by atoms with Crippen LogP contribution >= 0.6 is 11.6 Å². The van der Waals surface area contributed by atoms with E-state index in [0.717, 1.165) is 29.1 Å². The third-order valence-electron chi connectivity index (χ3n) is 5.07. The lowest BCUT2D eigenvalue weighted by atomic mass is 10.2. The number of benzene rings is 2. The molecule has 1 amide bonds. The molecule has 5 nitrogen and oxygen atoms in total. The molecule has 2 N–H and O–H groups in total. The van der Waals surface area contributed by atoms with Gasteiger partial charge in [-0.3, -0.25) is 4.79 Å². The summed E-state index contributed by atoms with van der Waals surface area (Å²) in [6.07, 6.45) is 2.61. The summed E-state index contributed by atoms with van der Waals surface area (Å²) in [5.74, 6) is 0.874. The molecule has 1 saturated heterocycles. The molecule has 26 heavy (non-hydrogen) atoms. The van der Waals surface area contributed by atoms with Gasteiger partial charge in [0.1, 0.15) is 6.54 Å². The highest BCUT2D eigenvalue weighted by Crippen LogP contribution is 2.21. The third kappa shape index (κ3) is 3.32. The number of imidazole rings is 1. The van der Waals surface area contributed by atoms with Gasteiger partial charge in [-0.25, -0.2) is 4.98 Å². The Hall–Kier alpha value is -2.37. The summed E-state index contributed by atoms with van der Waals surface area (Å²) < 4.78 is 2.15. The molecule has 1 fully saturated rings. The second-order valence-corrected chi connectivity index (χ2v) is 7.27. The van der Waals surface area contributed by atoms with Gasteiger partial charge >= 0.3 is 0 Å². The van der Waals surface area contributed by atoms with Crippen LogP contribution in [0.5, 0.6) is 0 Å².